The van der Waals surface area contributed by atoms with Crippen LogP contribution in [-0.4, -0.2) is 40.2 Å². The Labute approximate surface area is 179 Å². The van der Waals surface area contributed by atoms with Gasteiger partial charge in [0, 0.05) is 24.4 Å². The van der Waals surface area contributed by atoms with E-state index in [0.717, 1.165) is 12.8 Å². The number of carbonyl (C=O) groups excluding carboxylic acids is 1. The van der Waals surface area contributed by atoms with Gasteiger partial charge in [-0.05, 0) is 78.2 Å². The molecule has 1 heterocycles. The van der Waals surface area contributed by atoms with Crippen LogP contribution in [0.5, 0.6) is 5.75 Å². The zero-order valence-electron chi connectivity index (χ0n) is 16.0. The Balaban J connectivity index is 1.62. The number of sulfonamides is 1. The summed E-state index contributed by atoms with van der Waals surface area (Å²) in [5.41, 5.74) is 0.952. The lowest BCUT2D eigenvalue weighted by Crippen LogP contribution is -2.31. The van der Waals surface area contributed by atoms with Gasteiger partial charge in [0.1, 0.15) is 5.75 Å². The van der Waals surface area contributed by atoms with Crippen molar-refractivity contribution >= 4 is 37.5 Å². The van der Waals surface area contributed by atoms with Crippen LogP contribution in [0.2, 0.25) is 0 Å². The van der Waals surface area contributed by atoms with Gasteiger partial charge in [-0.1, -0.05) is 0 Å². The number of rotatable bonds is 8. The molecule has 7 nitrogen and oxygen atoms in total. The van der Waals surface area contributed by atoms with E-state index in [0.29, 0.717) is 34.7 Å². The van der Waals surface area contributed by atoms with Gasteiger partial charge in [0.2, 0.25) is 10.0 Å². The van der Waals surface area contributed by atoms with E-state index in [-0.39, 0.29) is 23.5 Å². The largest absolute Gasteiger partial charge is 0.493 e. The summed E-state index contributed by atoms with van der Waals surface area (Å²) in [4.78, 5) is 12.6. The number of nitrogens with one attached hydrogen (secondary N) is 2. The van der Waals surface area contributed by atoms with Gasteiger partial charge in [-0.25, -0.2) is 13.1 Å². The van der Waals surface area contributed by atoms with E-state index in [4.69, 9.17) is 9.47 Å². The molecule has 1 unspecified atom stereocenters. The van der Waals surface area contributed by atoms with E-state index in [9.17, 15) is 13.2 Å². The Morgan fingerprint density at radius 2 is 2.00 bits per heavy atom. The Bertz CT molecular complexity index is 957. The van der Waals surface area contributed by atoms with Crippen molar-refractivity contribution in [2.45, 2.75) is 30.8 Å². The van der Waals surface area contributed by atoms with E-state index in [1.54, 1.807) is 30.3 Å². The molecule has 9 heteroatoms. The van der Waals surface area contributed by atoms with Crippen LogP contribution < -0.4 is 14.8 Å². The van der Waals surface area contributed by atoms with Gasteiger partial charge in [-0.15, -0.1) is 0 Å². The zero-order chi connectivity index (χ0) is 20.9. The maximum atomic E-state index is 12.4. The summed E-state index contributed by atoms with van der Waals surface area (Å²) < 4.78 is 38.9. The molecule has 0 bridgehead atoms. The molecule has 1 fully saturated rings. The number of halogens is 1. The summed E-state index contributed by atoms with van der Waals surface area (Å²) in [6.45, 7) is 3.34. The molecule has 3 rings (SSSR count). The molecular formula is C20H23BrN2O5S. The van der Waals surface area contributed by atoms with E-state index in [1.807, 2.05) is 6.92 Å². The first kappa shape index (κ1) is 21.8. The first-order valence-corrected chi connectivity index (χ1v) is 11.6. The molecule has 2 aromatic carbocycles. The standard InChI is InChI=1S/C20H23BrN2O5S/c1-2-27-19-10-5-14(12-18(19)21)20(24)23-15-6-8-17(9-7-15)29(25,26)22-13-16-4-3-11-28-16/h5-10,12,16,22H,2-4,11,13H2,1H3,(H,23,24). The molecule has 0 aromatic heterocycles. The summed E-state index contributed by atoms with van der Waals surface area (Å²) in [6, 6.07) is 11.1. The normalized spacial score (nSPS) is 16.6. The molecule has 1 atom stereocenters. The molecule has 0 aliphatic carbocycles. The number of carbonyl (C=O) groups is 1. The molecule has 1 aliphatic heterocycles. The third-order valence-electron chi connectivity index (χ3n) is 4.44. The van der Waals surface area contributed by atoms with Gasteiger partial charge in [-0.2, -0.15) is 0 Å². The van der Waals surface area contributed by atoms with Crippen molar-refractivity contribution < 1.29 is 22.7 Å². The fourth-order valence-corrected chi connectivity index (χ4v) is 4.49. The first-order valence-electron chi connectivity index (χ1n) is 9.34. The topological polar surface area (TPSA) is 93.7 Å². The zero-order valence-corrected chi connectivity index (χ0v) is 18.4. The summed E-state index contributed by atoms with van der Waals surface area (Å²) in [5, 5.41) is 2.76. The molecular weight excluding hydrogens is 460 g/mol. The van der Waals surface area contributed by atoms with E-state index >= 15 is 0 Å². The molecule has 1 saturated heterocycles. The monoisotopic (exact) mass is 482 g/mol. The highest BCUT2D eigenvalue weighted by atomic mass is 79.9. The molecule has 1 aliphatic rings. The highest BCUT2D eigenvalue weighted by Gasteiger charge is 2.20. The SMILES string of the molecule is CCOc1ccc(C(=O)Nc2ccc(S(=O)(=O)NCC3CCCO3)cc2)cc1Br. The molecule has 0 spiro atoms. The summed E-state index contributed by atoms with van der Waals surface area (Å²) in [7, 11) is -3.62. The number of amides is 1. The smallest absolute Gasteiger partial charge is 0.255 e. The van der Waals surface area contributed by atoms with Crippen LogP contribution in [0, 0.1) is 0 Å². The van der Waals surface area contributed by atoms with Crippen LogP contribution in [0.25, 0.3) is 0 Å². The maximum Gasteiger partial charge on any atom is 0.255 e. The van der Waals surface area contributed by atoms with Gasteiger partial charge in [0.05, 0.1) is 22.1 Å². The van der Waals surface area contributed by atoms with Crippen LogP contribution in [-0.2, 0) is 14.8 Å². The van der Waals surface area contributed by atoms with Gasteiger partial charge in [-0.3, -0.25) is 4.79 Å². The molecule has 29 heavy (non-hydrogen) atoms. The predicted molar refractivity (Wildman–Crippen MR) is 114 cm³/mol. The minimum Gasteiger partial charge on any atom is -0.493 e. The molecule has 0 saturated carbocycles. The minimum atomic E-state index is -3.62. The second-order valence-electron chi connectivity index (χ2n) is 6.54. The van der Waals surface area contributed by atoms with E-state index in [1.165, 1.54) is 12.1 Å². The fraction of sp³-hybridized carbons (Fsp3) is 0.350. The minimum absolute atomic E-state index is 0.0724. The molecule has 156 valence electrons. The number of anilines is 1. The number of benzene rings is 2. The number of hydrogen-bond donors (Lipinski definition) is 2. The van der Waals surface area contributed by atoms with Crippen molar-refractivity contribution in [2.24, 2.45) is 0 Å². The Morgan fingerprint density at radius 1 is 1.24 bits per heavy atom. The van der Waals surface area contributed by atoms with Crippen LogP contribution in [0.3, 0.4) is 0 Å². The van der Waals surface area contributed by atoms with Crippen molar-refractivity contribution in [3.05, 3.63) is 52.5 Å². The average molecular weight is 483 g/mol. The number of hydrogen-bond acceptors (Lipinski definition) is 5. The molecule has 2 N–H and O–H groups in total. The summed E-state index contributed by atoms with van der Waals surface area (Å²) in [6.07, 6.45) is 1.73. The van der Waals surface area contributed by atoms with Crippen LogP contribution in [0.4, 0.5) is 5.69 Å². The Kier molecular flexibility index (Phi) is 7.28. The summed E-state index contributed by atoms with van der Waals surface area (Å²) in [5.74, 6) is 0.356. The predicted octanol–water partition coefficient (Wildman–Crippen LogP) is 3.56. The van der Waals surface area contributed by atoms with Crippen LogP contribution in [0.15, 0.2) is 51.8 Å². The van der Waals surface area contributed by atoms with Crippen molar-refractivity contribution in [3.8, 4) is 5.75 Å². The lowest BCUT2D eigenvalue weighted by Gasteiger charge is -2.12. The second-order valence-corrected chi connectivity index (χ2v) is 9.16. The fourth-order valence-electron chi connectivity index (χ4n) is 2.93. The Morgan fingerprint density at radius 3 is 2.62 bits per heavy atom. The van der Waals surface area contributed by atoms with Crippen molar-refractivity contribution in [1.82, 2.24) is 4.72 Å². The highest BCUT2D eigenvalue weighted by Crippen LogP contribution is 2.26. The second kappa shape index (κ2) is 9.71. The lowest BCUT2D eigenvalue weighted by atomic mass is 10.2. The third-order valence-corrected chi connectivity index (χ3v) is 6.50. The average Bonchev–Trinajstić information content (AvgIpc) is 3.22. The molecule has 0 radical (unpaired) electrons. The number of ether oxygens (including phenoxy) is 2. The van der Waals surface area contributed by atoms with Gasteiger partial charge >= 0.3 is 0 Å². The molecule has 2 aromatic rings. The maximum absolute atomic E-state index is 12.4. The van der Waals surface area contributed by atoms with E-state index in [2.05, 4.69) is 26.0 Å². The van der Waals surface area contributed by atoms with Crippen LogP contribution >= 0.6 is 15.9 Å². The first-order chi connectivity index (χ1) is 13.9. The van der Waals surface area contributed by atoms with Gasteiger partial charge in [0.15, 0.2) is 0 Å². The molecule has 1 amide bonds. The van der Waals surface area contributed by atoms with Crippen LogP contribution in [0.1, 0.15) is 30.1 Å². The van der Waals surface area contributed by atoms with Crippen molar-refractivity contribution in [2.75, 3.05) is 25.1 Å². The lowest BCUT2D eigenvalue weighted by molar-refractivity contribution is 0.102. The van der Waals surface area contributed by atoms with Gasteiger partial charge in [0.25, 0.3) is 5.91 Å². The van der Waals surface area contributed by atoms with Gasteiger partial charge < -0.3 is 14.8 Å². The Hall–Kier alpha value is -1.94. The summed E-state index contributed by atoms with van der Waals surface area (Å²) >= 11 is 3.38. The van der Waals surface area contributed by atoms with E-state index < -0.39 is 10.0 Å². The third kappa shape index (κ3) is 5.79. The highest BCUT2D eigenvalue weighted by molar-refractivity contribution is 9.10. The van der Waals surface area contributed by atoms with Crippen molar-refractivity contribution in [3.63, 3.8) is 0 Å². The van der Waals surface area contributed by atoms with Crippen molar-refractivity contribution in [1.29, 1.82) is 0 Å². The quantitative estimate of drug-likeness (QED) is 0.599.